The van der Waals surface area contributed by atoms with Crippen molar-refractivity contribution in [1.29, 1.82) is 0 Å². The van der Waals surface area contributed by atoms with Crippen molar-refractivity contribution in [3.8, 4) is 0 Å². The van der Waals surface area contributed by atoms with Gasteiger partial charge < -0.3 is 9.80 Å². The first kappa shape index (κ1) is 14.4. The van der Waals surface area contributed by atoms with Crippen molar-refractivity contribution in [3.63, 3.8) is 0 Å². The van der Waals surface area contributed by atoms with Crippen molar-refractivity contribution in [1.82, 2.24) is 19.7 Å². The SMILES string of the molecule is Cc1cc2c(cc1F)nc(N1CCN(C)CC1)c1nn(C)cc12. The Balaban J connectivity index is 1.97. The number of pyridine rings is 1. The van der Waals surface area contributed by atoms with Crippen LogP contribution in [0.2, 0.25) is 0 Å². The van der Waals surface area contributed by atoms with Gasteiger partial charge in [-0.25, -0.2) is 9.37 Å². The molecule has 4 rings (SSSR count). The van der Waals surface area contributed by atoms with Gasteiger partial charge in [0.15, 0.2) is 5.82 Å². The van der Waals surface area contributed by atoms with E-state index in [1.165, 1.54) is 6.07 Å². The van der Waals surface area contributed by atoms with Crippen molar-refractivity contribution >= 4 is 27.6 Å². The lowest BCUT2D eigenvalue weighted by Crippen LogP contribution is -2.44. The maximum absolute atomic E-state index is 14.0. The van der Waals surface area contributed by atoms with Crippen LogP contribution in [0.1, 0.15) is 5.56 Å². The van der Waals surface area contributed by atoms with Crippen molar-refractivity contribution in [2.75, 3.05) is 38.1 Å². The van der Waals surface area contributed by atoms with Gasteiger partial charge in [0.25, 0.3) is 0 Å². The molecule has 0 radical (unpaired) electrons. The molecule has 0 saturated carbocycles. The smallest absolute Gasteiger partial charge is 0.157 e. The van der Waals surface area contributed by atoms with Gasteiger partial charge in [0.2, 0.25) is 0 Å². The second-order valence-corrected chi connectivity index (χ2v) is 6.41. The Hall–Kier alpha value is -2.21. The molecule has 1 aliphatic rings. The molecule has 0 unspecified atom stereocenters. The lowest BCUT2D eigenvalue weighted by molar-refractivity contribution is 0.312. The zero-order valence-corrected chi connectivity index (χ0v) is 13.7. The average molecular weight is 313 g/mol. The van der Waals surface area contributed by atoms with E-state index in [4.69, 9.17) is 4.98 Å². The fourth-order valence-corrected chi connectivity index (χ4v) is 3.24. The maximum atomic E-state index is 14.0. The summed E-state index contributed by atoms with van der Waals surface area (Å²) in [4.78, 5) is 9.32. The normalized spacial score (nSPS) is 16.6. The molecule has 3 heterocycles. The summed E-state index contributed by atoms with van der Waals surface area (Å²) < 4.78 is 15.8. The molecule has 0 bridgehead atoms. The zero-order chi connectivity index (χ0) is 16.1. The number of aryl methyl sites for hydroxylation is 2. The van der Waals surface area contributed by atoms with Crippen molar-refractivity contribution in [3.05, 3.63) is 29.7 Å². The minimum atomic E-state index is -0.211. The Morgan fingerprint density at radius 1 is 1.04 bits per heavy atom. The standard InChI is InChI=1S/C17H20FN5/c1-11-8-12-13-10-22(3)20-16(13)17(19-15(12)9-14(11)18)23-6-4-21(2)5-7-23/h8-10H,4-7H2,1-3H3. The fourth-order valence-electron chi connectivity index (χ4n) is 3.24. The molecule has 120 valence electrons. The Morgan fingerprint density at radius 3 is 2.52 bits per heavy atom. The van der Waals surface area contributed by atoms with Crippen LogP contribution in [0.5, 0.6) is 0 Å². The van der Waals surface area contributed by atoms with Crippen molar-refractivity contribution in [2.45, 2.75) is 6.92 Å². The van der Waals surface area contributed by atoms with Gasteiger partial charge in [-0.3, -0.25) is 4.68 Å². The number of halogens is 1. The number of hydrogen-bond acceptors (Lipinski definition) is 4. The average Bonchev–Trinajstić information content (AvgIpc) is 2.91. The summed E-state index contributed by atoms with van der Waals surface area (Å²) >= 11 is 0. The molecule has 0 amide bonds. The number of benzene rings is 1. The van der Waals surface area contributed by atoms with Gasteiger partial charge in [0.05, 0.1) is 5.52 Å². The van der Waals surface area contributed by atoms with E-state index in [1.807, 2.05) is 24.0 Å². The summed E-state index contributed by atoms with van der Waals surface area (Å²) in [7, 11) is 4.04. The molecule has 2 aromatic heterocycles. The molecule has 23 heavy (non-hydrogen) atoms. The van der Waals surface area contributed by atoms with E-state index >= 15 is 0 Å². The number of nitrogens with zero attached hydrogens (tertiary/aromatic N) is 5. The molecular weight excluding hydrogens is 293 g/mol. The summed E-state index contributed by atoms with van der Waals surface area (Å²) in [6.45, 7) is 5.60. The van der Waals surface area contributed by atoms with Crippen LogP contribution in [-0.4, -0.2) is 52.9 Å². The molecule has 1 saturated heterocycles. The predicted octanol–water partition coefficient (Wildman–Crippen LogP) is 2.32. The van der Waals surface area contributed by atoms with Gasteiger partial charge in [-0.1, -0.05) is 0 Å². The highest BCUT2D eigenvalue weighted by molar-refractivity contribution is 6.08. The first-order chi connectivity index (χ1) is 11.0. The lowest BCUT2D eigenvalue weighted by atomic mass is 10.1. The number of fused-ring (bicyclic) bond motifs is 3. The summed E-state index contributed by atoms with van der Waals surface area (Å²) in [6.07, 6.45) is 2.00. The lowest BCUT2D eigenvalue weighted by Gasteiger charge is -2.33. The third kappa shape index (κ3) is 2.34. The summed E-state index contributed by atoms with van der Waals surface area (Å²) in [5, 5.41) is 6.61. The number of rotatable bonds is 1. The molecule has 3 aromatic rings. The molecule has 0 N–H and O–H groups in total. The highest BCUT2D eigenvalue weighted by atomic mass is 19.1. The molecule has 1 aliphatic heterocycles. The second kappa shape index (κ2) is 5.16. The van der Waals surface area contributed by atoms with Crippen LogP contribution in [-0.2, 0) is 7.05 Å². The largest absolute Gasteiger partial charge is 0.352 e. The molecular formula is C17H20FN5. The maximum Gasteiger partial charge on any atom is 0.157 e. The molecule has 0 aliphatic carbocycles. The van der Waals surface area contributed by atoms with Crippen LogP contribution >= 0.6 is 0 Å². The minimum absolute atomic E-state index is 0.211. The monoisotopic (exact) mass is 313 g/mol. The van der Waals surface area contributed by atoms with Crippen LogP contribution in [0, 0.1) is 12.7 Å². The van der Waals surface area contributed by atoms with Gasteiger partial charge in [-0.2, -0.15) is 5.10 Å². The van der Waals surface area contributed by atoms with Gasteiger partial charge >= 0.3 is 0 Å². The summed E-state index contributed by atoms with van der Waals surface area (Å²) in [5.74, 6) is 0.655. The van der Waals surface area contributed by atoms with Crippen LogP contribution in [0.25, 0.3) is 21.8 Å². The molecule has 5 nitrogen and oxygen atoms in total. The van der Waals surface area contributed by atoms with Crippen molar-refractivity contribution in [2.24, 2.45) is 7.05 Å². The number of hydrogen-bond donors (Lipinski definition) is 0. The Labute approximate surface area is 134 Å². The minimum Gasteiger partial charge on any atom is -0.352 e. The first-order valence-corrected chi connectivity index (χ1v) is 7.89. The van der Waals surface area contributed by atoms with E-state index in [9.17, 15) is 4.39 Å². The highest BCUT2D eigenvalue weighted by Crippen LogP contribution is 2.32. The summed E-state index contributed by atoms with van der Waals surface area (Å²) in [6, 6.07) is 3.41. The molecule has 1 fully saturated rings. The third-order valence-electron chi connectivity index (χ3n) is 4.64. The van der Waals surface area contributed by atoms with E-state index in [2.05, 4.69) is 21.9 Å². The predicted molar refractivity (Wildman–Crippen MR) is 90.4 cm³/mol. The molecule has 0 atom stereocenters. The van der Waals surface area contributed by atoms with E-state index in [0.717, 1.165) is 48.3 Å². The quantitative estimate of drug-likeness (QED) is 0.691. The number of anilines is 1. The van der Waals surface area contributed by atoms with Gasteiger partial charge in [-0.05, 0) is 25.6 Å². The highest BCUT2D eigenvalue weighted by Gasteiger charge is 2.21. The molecule has 6 heteroatoms. The number of likely N-dealkylation sites (N-methyl/N-ethyl adjacent to an activating group) is 1. The topological polar surface area (TPSA) is 37.2 Å². The first-order valence-electron chi connectivity index (χ1n) is 7.89. The van der Waals surface area contributed by atoms with Gasteiger partial charge in [0.1, 0.15) is 11.3 Å². The number of aromatic nitrogens is 3. The van der Waals surface area contributed by atoms with E-state index in [-0.39, 0.29) is 5.82 Å². The van der Waals surface area contributed by atoms with Crippen LogP contribution < -0.4 is 4.90 Å². The summed E-state index contributed by atoms with van der Waals surface area (Å²) in [5.41, 5.74) is 2.23. The number of piperazine rings is 1. The van der Waals surface area contributed by atoms with Crippen molar-refractivity contribution < 1.29 is 4.39 Å². The molecule has 0 spiro atoms. The van der Waals surface area contributed by atoms with Crippen LogP contribution in [0.15, 0.2) is 18.3 Å². The Bertz CT molecular complexity index is 893. The molecule has 1 aromatic carbocycles. The van der Waals surface area contributed by atoms with Gasteiger partial charge in [-0.15, -0.1) is 0 Å². The third-order valence-corrected chi connectivity index (χ3v) is 4.64. The van der Waals surface area contributed by atoms with Crippen LogP contribution in [0.3, 0.4) is 0 Å². The second-order valence-electron chi connectivity index (χ2n) is 6.41. The van der Waals surface area contributed by atoms with E-state index in [1.54, 1.807) is 6.92 Å². The Morgan fingerprint density at radius 2 is 1.78 bits per heavy atom. The fraction of sp³-hybridized carbons (Fsp3) is 0.412. The van der Waals surface area contributed by atoms with E-state index < -0.39 is 0 Å². The van der Waals surface area contributed by atoms with Crippen LogP contribution in [0.4, 0.5) is 10.2 Å². The van der Waals surface area contributed by atoms with E-state index in [0.29, 0.717) is 11.1 Å². The Kier molecular flexibility index (Phi) is 3.23. The zero-order valence-electron chi connectivity index (χ0n) is 13.7. The van der Waals surface area contributed by atoms with Gasteiger partial charge in [0, 0.05) is 56.3 Å².